The Morgan fingerprint density at radius 1 is 1.13 bits per heavy atom. The van der Waals surface area contributed by atoms with Crippen LogP contribution in [-0.4, -0.2) is 29.2 Å². The van der Waals surface area contributed by atoms with Crippen LogP contribution < -0.4 is 5.56 Å². The van der Waals surface area contributed by atoms with Crippen molar-refractivity contribution in [2.24, 2.45) is 0 Å². The molecule has 0 amide bonds. The number of halogens is 1. The van der Waals surface area contributed by atoms with Gasteiger partial charge >= 0.3 is 0 Å². The van der Waals surface area contributed by atoms with Crippen LogP contribution >= 0.6 is 11.6 Å². The zero-order valence-electron chi connectivity index (χ0n) is 12.0. The van der Waals surface area contributed by atoms with Crippen LogP contribution in [-0.2, 0) is 9.84 Å². The number of imidazole rings is 1. The Morgan fingerprint density at radius 2 is 1.83 bits per heavy atom. The predicted octanol–water partition coefficient (Wildman–Crippen LogP) is 2.28. The van der Waals surface area contributed by atoms with E-state index in [1.807, 2.05) is 0 Å². The lowest BCUT2D eigenvalue weighted by atomic mass is 10.2. The van der Waals surface area contributed by atoms with Crippen molar-refractivity contribution in [1.29, 1.82) is 0 Å². The van der Waals surface area contributed by atoms with E-state index in [1.165, 1.54) is 24.5 Å². The summed E-state index contributed by atoms with van der Waals surface area (Å²) in [4.78, 5) is 18.1. The minimum Gasteiger partial charge on any atom is -0.328 e. The molecule has 0 atom stereocenters. The number of hydrogen-bond donors (Lipinski definition) is 1. The molecule has 0 aliphatic heterocycles. The van der Waals surface area contributed by atoms with Gasteiger partial charge in [0, 0.05) is 29.8 Å². The minimum atomic E-state index is -3.25. The maximum absolute atomic E-state index is 11.5. The molecule has 23 heavy (non-hydrogen) atoms. The molecule has 0 aliphatic carbocycles. The number of hydrogen-bond acceptors (Lipinski definition) is 4. The van der Waals surface area contributed by atoms with Crippen LogP contribution in [0.2, 0.25) is 5.15 Å². The number of rotatable bonds is 3. The molecule has 0 aliphatic rings. The third-order valence-electron chi connectivity index (χ3n) is 3.32. The first-order valence-corrected chi connectivity index (χ1v) is 8.85. The first kappa shape index (κ1) is 15.5. The zero-order chi connectivity index (χ0) is 16.6. The van der Waals surface area contributed by atoms with E-state index in [1.54, 1.807) is 29.0 Å². The van der Waals surface area contributed by atoms with Gasteiger partial charge in [-0.05, 0) is 30.3 Å². The Labute approximate surface area is 137 Å². The number of H-pyrrole nitrogens is 1. The summed E-state index contributed by atoms with van der Waals surface area (Å²) >= 11 is 6.15. The molecule has 0 spiro atoms. The van der Waals surface area contributed by atoms with Gasteiger partial charge in [0.05, 0.1) is 10.6 Å². The number of pyridine rings is 1. The van der Waals surface area contributed by atoms with E-state index in [9.17, 15) is 13.2 Å². The summed E-state index contributed by atoms with van der Waals surface area (Å²) in [5.74, 6) is 0. The van der Waals surface area contributed by atoms with Crippen molar-refractivity contribution in [3.8, 4) is 16.9 Å². The van der Waals surface area contributed by atoms with Crippen molar-refractivity contribution in [2.75, 3.05) is 6.26 Å². The molecule has 2 aromatic heterocycles. The van der Waals surface area contributed by atoms with Crippen molar-refractivity contribution in [1.82, 2.24) is 14.5 Å². The second-order valence-electron chi connectivity index (χ2n) is 4.96. The van der Waals surface area contributed by atoms with E-state index in [2.05, 4.69) is 9.97 Å². The molecule has 118 valence electrons. The van der Waals surface area contributed by atoms with Crippen LogP contribution in [0.4, 0.5) is 0 Å². The molecule has 1 N–H and O–H groups in total. The largest absolute Gasteiger partial charge is 0.328 e. The lowest BCUT2D eigenvalue weighted by Gasteiger charge is -2.09. The molecule has 2 heterocycles. The first-order chi connectivity index (χ1) is 10.9. The van der Waals surface area contributed by atoms with E-state index in [0.717, 1.165) is 6.26 Å². The molecule has 0 saturated heterocycles. The van der Waals surface area contributed by atoms with Gasteiger partial charge in [0.25, 0.3) is 0 Å². The highest BCUT2D eigenvalue weighted by atomic mass is 35.5. The lowest BCUT2D eigenvalue weighted by Crippen LogP contribution is -2.03. The summed E-state index contributed by atoms with van der Waals surface area (Å²) in [5, 5.41) is 0.282. The van der Waals surface area contributed by atoms with Crippen LogP contribution in [0.5, 0.6) is 0 Å². The van der Waals surface area contributed by atoms with Crippen LogP contribution in [0.25, 0.3) is 16.9 Å². The molecule has 0 fully saturated rings. The van der Waals surface area contributed by atoms with Gasteiger partial charge in [-0.15, -0.1) is 0 Å². The van der Waals surface area contributed by atoms with E-state index in [-0.39, 0.29) is 15.6 Å². The van der Waals surface area contributed by atoms with Gasteiger partial charge in [-0.1, -0.05) is 11.6 Å². The Kier molecular flexibility index (Phi) is 3.83. The van der Waals surface area contributed by atoms with Gasteiger partial charge in [-0.2, -0.15) is 0 Å². The van der Waals surface area contributed by atoms with Gasteiger partial charge in [0.1, 0.15) is 6.33 Å². The standard InChI is InChI=1S/C15H12ClN3O3S/c1-23(21,22)12-5-3-11(4-6-12)19-9-18-15(16)14(19)10-2-7-13(20)17-8-10/h2-9H,1H3,(H,17,20). The normalized spacial score (nSPS) is 11.6. The van der Waals surface area contributed by atoms with E-state index < -0.39 is 9.84 Å². The number of sulfone groups is 1. The van der Waals surface area contributed by atoms with E-state index in [0.29, 0.717) is 16.9 Å². The maximum atomic E-state index is 11.5. The topological polar surface area (TPSA) is 84.8 Å². The molecule has 0 radical (unpaired) electrons. The number of nitrogens with zero attached hydrogens (tertiary/aromatic N) is 2. The van der Waals surface area contributed by atoms with Crippen molar-refractivity contribution in [3.05, 3.63) is 64.4 Å². The molecular formula is C15H12ClN3O3S. The van der Waals surface area contributed by atoms with Crippen molar-refractivity contribution in [3.63, 3.8) is 0 Å². The van der Waals surface area contributed by atoms with Gasteiger partial charge in [0.15, 0.2) is 15.0 Å². The third-order valence-corrected chi connectivity index (χ3v) is 4.73. The first-order valence-electron chi connectivity index (χ1n) is 6.59. The fourth-order valence-corrected chi connectivity index (χ4v) is 3.07. The summed E-state index contributed by atoms with van der Waals surface area (Å²) in [6, 6.07) is 9.43. The quantitative estimate of drug-likeness (QED) is 0.786. The molecule has 0 unspecified atom stereocenters. The summed E-state index contributed by atoms with van der Waals surface area (Å²) in [6.07, 6.45) is 4.24. The van der Waals surface area contributed by atoms with Crippen molar-refractivity contribution >= 4 is 21.4 Å². The highest BCUT2D eigenvalue weighted by molar-refractivity contribution is 7.90. The summed E-state index contributed by atoms with van der Waals surface area (Å²) < 4.78 is 24.8. The Balaban J connectivity index is 2.11. The SMILES string of the molecule is CS(=O)(=O)c1ccc(-n2cnc(Cl)c2-c2ccc(=O)[nH]c2)cc1. The second kappa shape index (κ2) is 5.68. The van der Waals surface area contributed by atoms with Crippen LogP contribution in [0.15, 0.2) is 58.6 Å². The van der Waals surface area contributed by atoms with Crippen LogP contribution in [0.1, 0.15) is 0 Å². The van der Waals surface area contributed by atoms with E-state index in [4.69, 9.17) is 11.6 Å². The average molecular weight is 350 g/mol. The fourth-order valence-electron chi connectivity index (χ4n) is 2.19. The van der Waals surface area contributed by atoms with Crippen molar-refractivity contribution < 1.29 is 8.42 Å². The highest BCUT2D eigenvalue weighted by Gasteiger charge is 2.14. The molecular weight excluding hydrogens is 338 g/mol. The summed E-state index contributed by atoms with van der Waals surface area (Å²) in [7, 11) is -3.25. The van der Waals surface area contributed by atoms with Crippen molar-refractivity contribution in [2.45, 2.75) is 4.90 Å². The molecule has 6 nitrogen and oxygen atoms in total. The van der Waals surface area contributed by atoms with E-state index >= 15 is 0 Å². The number of aromatic nitrogens is 3. The molecule has 3 rings (SSSR count). The zero-order valence-corrected chi connectivity index (χ0v) is 13.6. The average Bonchev–Trinajstić information content (AvgIpc) is 2.89. The Bertz CT molecular complexity index is 1000. The molecule has 0 saturated carbocycles. The monoisotopic (exact) mass is 349 g/mol. The second-order valence-corrected chi connectivity index (χ2v) is 7.34. The maximum Gasteiger partial charge on any atom is 0.247 e. The van der Waals surface area contributed by atoms with Gasteiger partial charge in [-0.25, -0.2) is 13.4 Å². The Morgan fingerprint density at radius 3 is 2.39 bits per heavy atom. The number of nitrogens with one attached hydrogen (secondary N) is 1. The van der Waals surface area contributed by atoms with Gasteiger partial charge < -0.3 is 4.98 Å². The highest BCUT2D eigenvalue weighted by Crippen LogP contribution is 2.29. The third kappa shape index (κ3) is 3.06. The summed E-state index contributed by atoms with van der Waals surface area (Å²) in [6.45, 7) is 0. The fraction of sp³-hybridized carbons (Fsp3) is 0.0667. The molecule has 3 aromatic rings. The molecule has 1 aromatic carbocycles. The van der Waals surface area contributed by atoms with Gasteiger partial charge in [0.2, 0.25) is 5.56 Å². The smallest absolute Gasteiger partial charge is 0.247 e. The number of aromatic amines is 1. The van der Waals surface area contributed by atoms with Crippen LogP contribution in [0, 0.1) is 0 Å². The molecule has 0 bridgehead atoms. The Hall–Kier alpha value is -2.38. The lowest BCUT2D eigenvalue weighted by molar-refractivity contribution is 0.602. The predicted molar refractivity (Wildman–Crippen MR) is 87.7 cm³/mol. The summed E-state index contributed by atoms with van der Waals surface area (Å²) in [5.41, 5.74) is 1.79. The van der Waals surface area contributed by atoms with Crippen LogP contribution in [0.3, 0.4) is 0 Å². The minimum absolute atomic E-state index is 0.214. The van der Waals surface area contributed by atoms with Gasteiger partial charge in [-0.3, -0.25) is 9.36 Å². The molecule has 8 heteroatoms. The number of benzene rings is 1.